The Balaban J connectivity index is 2.13. The Labute approximate surface area is 78.5 Å². The highest BCUT2D eigenvalue weighted by atomic mass is 16.1. The molecule has 0 aromatic heterocycles. The molecule has 3 aliphatic rings. The van der Waals surface area contributed by atoms with Crippen molar-refractivity contribution in [1.29, 1.82) is 0 Å². The van der Waals surface area contributed by atoms with Crippen molar-refractivity contribution in [2.24, 2.45) is 11.3 Å². The summed E-state index contributed by atoms with van der Waals surface area (Å²) in [5.74, 6) is 0.964. The van der Waals surface area contributed by atoms with Crippen LogP contribution in [0.4, 0.5) is 0 Å². The molecule has 3 rings (SSSR count). The fourth-order valence-electron chi connectivity index (χ4n) is 3.24. The zero-order valence-electron chi connectivity index (χ0n) is 7.75. The van der Waals surface area contributed by atoms with Crippen LogP contribution in [-0.4, -0.2) is 5.78 Å². The molecular weight excluding hydrogens is 160 g/mol. The number of hydrogen-bond acceptors (Lipinski definition) is 1. The summed E-state index contributed by atoms with van der Waals surface area (Å²) in [4.78, 5) is 11.3. The highest BCUT2D eigenvalue weighted by Gasteiger charge is 2.45. The second kappa shape index (κ2) is 2.34. The van der Waals surface area contributed by atoms with Crippen LogP contribution in [0.5, 0.6) is 0 Å². The molecule has 0 N–H and O–H groups in total. The number of allylic oxidation sites excluding steroid dienone is 4. The lowest BCUT2D eigenvalue weighted by molar-refractivity contribution is -0.115. The number of carbonyl (C=O) groups excluding carboxylic acids is 1. The quantitative estimate of drug-likeness (QED) is 0.516. The van der Waals surface area contributed by atoms with Gasteiger partial charge in [-0.05, 0) is 43.1 Å². The van der Waals surface area contributed by atoms with E-state index in [4.69, 9.17) is 0 Å². The maximum Gasteiger partial charge on any atom is 0.155 e. The molecule has 2 unspecified atom stereocenters. The Morgan fingerprint density at radius 1 is 1.38 bits per heavy atom. The van der Waals surface area contributed by atoms with Crippen molar-refractivity contribution in [2.75, 3.05) is 0 Å². The van der Waals surface area contributed by atoms with Crippen LogP contribution in [0.25, 0.3) is 0 Å². The lowest BCUT2D eigenvalue weighted by Crippen LogP contribution is -2.27. The zero-order valence-corrected chi connectivity index (χ0v) is 7.75. The van der Waals surface area contributed by atoms with Gasteiger partial charge in [0, 0.05) is 6.42 Å². The molecule has 13 heavy (non-hydrogen) atoms. The lowest BCUT2D eigenvalue weighted by Gasteiger charge is -2.35. The summed E-state index contributed by atoms with van der Waals surface area (Å²) < 4.78 is 0. The summed E-state index contributed by atoms with van der Waals surface area (Å²) in [6.07, 6.45) is 12.2. The molecule has 1 heteroatoms. The summed E-state index contributed by atoms with van der Waals surface area (Å²) in [6.45, 7) is 0. The Kier molecular flexibility index (Phi) is 1.36. The van der Waals surface area contributed by atoms with Crippen molar-refractivity contribution in [1.82, 2.24) is 0 Å². The first-order valence-corrected chi connectivity index (χ1v) is 5.22. The van der Waals surface area contributed by atoms with Gasteiger partial charge in [-0.1, -0.05) is 17.7 Å². The van der Waals surface area contributed by atoms with E-state index in [1.807, 2.05) is 6.08 Å². The monoisotopic (exact) mass is 174 g/mol. The average molecular weight is 174 g/mol. The second-order valence-electron chi connectivity index (χ2n) is 4.62. The Morgan fingerprint density at radius 3 is 3.23 bits per heavy atom. The Bertz CT molecular complexity index is 324. The van der Waals surface area contributed by atoms with Gasteiger partial charge in [0.2, 0.25) is 0 Å². The van der Waals surface area contributed by atoms with E-state index >= 15 is 0 Å². The van der Waals surface area contributed by atoms with Crippen molar-refractivity contribution < 1.29 is 4.79 Å². The third-order valence-corrected chi connectivity index (χ3v) is 3.99. The smallest absolute Gasteiger partial charge is 0.155 e. The fourth-order valence-corrected chi connectivity index (χ4v) is 3.24. The number of ketones is 1. The van der Waals surface area contributed by atoms with Gasteiger partial charge in [0.15, 0.2) is 5.78 Å². The first kappa shape index (κ1) is 7.54. The lowest BCUT2D eigenvalue weighted by atomic mass is 9.68. The first-order chi connectivity index (χ1) is 6.30. The van der Waals surface area contributed by atoms with Crippen molar-refractivity contribution in [3.8, 4) is 0 Å². The van der Waals surface area contributed by atoms with Crippen molar-refractivity contribution >= 4 is 5.78 Å². The van der Waals surface area contributed by atoms with Crippen LogP contribution in [0.1, 0.15) is 32.1 Å². The van der Waals surface area contributed by atoms with E-state index < -0.39 is 0 Å². The minimum absolute atomic E-state index is 0.354. The van der Waals surface area contributed by atoms with Gasteiger partial charge in [0.1, 0.15) is 0 Å². The fraction of sp³-hybridized carbons (Fsp3) is 0.583. The molecule has 0 heterocycles. The Morgan fingerprint density at radius 2 is 2.31 bits per heavy atom. The first-order valence-electron chi connectivity index (χ1n) is 5.22. The van der Waals surface area contributed by atoms with Crippen molar-refractivity contribution in [2.45, 2.75) is 32.1 Å². The molecule has 0 aromatic rings. The van der Waals surface area contributed by atoms with Crippen molar-refractivity contribution in [3.05, 3.63) is 23.8 Å². The summed E-state index contributed by atoms with van der Waals surface area (Å²) in [5.41, 5.74) is 1.89. The summed E-state index contributed by atoms with van der Waals surface area (Å²) >= 11 is 0. The van der Waals surface area contributed by atoms with Crippen LogP contribution in [0.15, 0.2) is 23.8 Å². The van der Waals surface area contributed by atoms with Crippen LogP contribution in [0.2, 0.25) is 0 Å². The molecule has 0 aromatic carbocycles. The summed E-state index contributed by atoms with van der Waals surface area (Å²) in [5, 5.41) is 0. The Hall–Kier alpha value is -0.850. The molecule has 0 saturated heterocycles. The molecule has 0 amide bonds. The van der Waals surface area contributed by atoms with E-state index in [1.165, 1.54) is 24.8 Å². The third-order valence-electron chi connectivity index (χ3n) is 3.99. The molecule has 68 valence electrons. The van der Waals surface area contributed by atoms with E-state index in [2.05, 4.69) is 12.2 Å². The minimum atomic E-state index is 0.354. The van der Waals surface area contributed by atoms with E-state index in [9.17, 15) is 4.79 Å². The maximum absolute atomic E-state index is 11.3. The van der Waals surface area contributed by atoms with Crippen molar-refractivity contribution in [3.63, 3.8) is 0 Å². The summed E-state index contributed by atoms with van der Waals surface area (Å²) in [7, 11) is 0. The van der Waals surface area contributed by atoms with Crippen LogP contribution in [-0.2, 0) is 4.79 Å². The molecule has 0 spiro atoms. The van der Waals surface area contributed by atoms with Gasteiger partial charge in [-0.2, -0.15) is 0 Å². The molecular formula is C12H14O. The van der Waals surface area contributed by atoms with Gasteiger partial charge in [-0.3, -0.25) is 4.79 Å². The highest BCUT2D eigenvalue weighted by Crippen LogP contribution is 2.56. The van der Waals surface area contributed by atoms with Gasteiger partial charge in [0.25, 0.3) is 0 Å². The predicted molar refractivity (Wildman–Crippen MR) is 51.2 cm³/mol. The van der Waals surface area contributed by atoms with Crippen LogP contribution in [0.3, 0.4) is 0 Å². The van der Waals surface area contributed by atoms with Gasteiger partial charge in [-0.15, -0.1) is 0 Å². The number of carbonyl (C=O) groups is 1. The standard InChI is InChI=1S/C12H14O/c13-10-4-7-12-5-1-2-9(3-6-12)11(12)8-10/h1-2,8-9H,3-7H2. The highest BCUT2D eigenvalue weighted by molar-refractivity contribution is 5.92. The SMILES string of the molecule is O=C1C=C2C3C=CCC2(CC1)CC3. The van der Waals surface area contributed by atoms with Gasteiger partial charge >= 0.3 is 0 Å². The molecule has 1 nitrogen and oxygen atoms in total. The largest absolute Gasteiger partial charge is 0.295 e. The molecule has 2 atom stereocenters. The third kappa shape index (κ3) is 0.903. The maximum atomic E-state index is 11.3. The van der Waals surface area contributed by atoms with Crippen LogP contribution in [0, 0.1) is 11.3 Å². The minimum Gasteiger partial charge on any atom is -0.295 e. The van der Waals surface area contributed by atoms with Gasteiger partial charge < -0.3 is 0 Å². The molecule has 0 radical (unpaired) electrons. The molecule has 0 aliphatic heterocycles. The number of hydrogen-bond donors (Lipinski definition) is 0. The van der Waals surface area contributed by atoms with E-state index in [0.717, 1.165) is 12.8 Å². The van der Waals surface area contributed by atoms with E-state index in [1.54, 1.807) is 0 Å². The van der Waals surface area contributed by atoms with Crippen LogP contribution >= 0.6 is 0 Å². The predicted octanol–water partition coefficient (Wildman–Crippen LogP) is 2.63. The van der Waals surface area contributed by atoms with E-state index in [0.29, 0.717) is 17.1 Å². The van der Waals surface area contributed by atoms with Gasteiger partial charge in [0.05, 0.1) is 0 Å². The normalized spacial score (nSPS) is 41.7. The topological polar surface area (TPSA) is 17.1 Å². The second-order valence-corrected chi connectivity index (χ2v) is 4.62. The number of rotatable bonds is 0. The zero-order chi connectivity index (χ0) is 8.89. The van der Waals surface area contributed by atoms with Crippen LogP contribution < -0.4 is 0 Å². The summed E-state index contributed by atoms with van der Waals surface area (Å²) in [6, 6.07) is 0. The average Bonchev–Trinajstić information content (AvgIpc) is 2.37. The molecule has 3 aliphatic carbocycles. The molecule has 2 bridgehead atoms. The van der Waals surface area contributed by atoms with Gasteiger partial charge in [-0.25, -0.2) is 0 Å². The molecule has 1 fully saturated rings. The molecule has 1 saturated carbocycles. The van der Waals surface area contributed by atoms with E-state index in [-0.39, 0.29) is 0 Å².